The first-order valence-corrected chi connectivity index (χ1v) is 10.7. The van der Waals surface area contributed by atoms with Crippen molar-refractivity contribution < 1.29 is 18.7 Å². The number of benzene rings is 2. The molecule has 3 N–H and O–H groups in total. The molecule has 2 aromatic rings. The maximum atomic E-state index is 13.6. The largest absolute Gasteiger partial charge is 0.390 e. The van der Waals surface area contributed by atoms with Crippen molar-refractivity contribution in [3.8, 4) is 0 Å². The van der Waals surface area contributed by atoms with Gasteiger partial charge in [-0.3, -0.25) is 4.79 Å². The summed E-state index contributed by atoms with van der Waals surface area (Å²) in [5.74, 6) is -1.67. The lowest BCUT2D eigenvalue weighted by Gasteiger charge is -2.35. The number of aryl methyl sites for hydroxylation is 1. The van der Waals surface area contributed by atoms with Crippen molar-refractivity contribution in [2.75, 3.05) is 25.0 Å². The molecule has 3 atom stereocenters. The maximum absolute atomic E-state index is 13.6. The molecule has 1 heterocycles. The summed E-state index contributed by atoms with van der Waals surface area (Å²) in [7, 11) is 2.07. The maximum Gasteiger partial charge on any atom is 0.217 e. The number of halogens is 2. The third-order valence-corrected chi connectivity index (χ3v) is 5.84. The Morgan fingerprint density at radius 2 is 1.90 bits per heavy atom. The number of nitrogens with one attached hydrogen (secondary N) is 2. The van der Waals surface area contributed by atoms with Crippen LogP contribution in [0.15, 0.2) is 36.4 Å². The highest BCUT2D eigenvalue weighted by molar-refractivity contribution is 5.73. The summed E-state index contributed by atoms with van der Waals surface area (Å²) >= 11 is 0. The van der Waals surface area contributed by atoms with E-state index in [-0.39, 0.29) is 24.9 Å². The predicted molar refractivity (Wildman–Crippen MR) is 118 cm³/mol. The van der Waals surface area contributed by atoms with Crippen LogP contribution in [0.5, 0.6) is 0 Å². The molecule has 1 aliphatic heterocycles. The molecule has 3 unspecified atom stereocenters. The van der Waals surface area contributed by atoms with Crippen molar-refractivity contribution in [2.24, 2.45) is 0 Å². The van der Waals surface area contributed by atoms with Gasteiger partial charge < -0.3 is 20.6 Å². The van der Waals surface area contributed by atoms with Gasteiger partial charge in [0.1, 0.15) is 11.6 Å². The van der Waals surface area contributed by atoms with Crippen molar-refractivity contribution in [3.05, 3.63) is 64.7 Å². The van der Waals surface area contributed by atoms with E-state index in [4.69, 9.17) is 0 Å². The van der Waals surface area contributed by atoms with E-state index in [0.717, 1.165) is 25.5 Å². The van der Waals surface area contributed by atoms with E-state index in [1.807, 2.05) is 0 Å². The van der Waals surface area contributed by atoms with Crippen LogP contribution in [0.2, 0.25) is 0 Å². The number of fused-ring (bicyclic) bond motifs is 1. The number of aliphatic hydroxyl groups is 1. The Morgan fingerprint density at radius 3 is 2.55 bits per heavy atom. The van der Waals surface area contributed by atoms with Crippen LogP contribution in [0, 0.1) is 11.6 Å². The lowest BCUT2D eigenvalue weighted by Crippen LogP contribution is -2.49. The molecular formula is C24H31F2N3O2. The molecule has 0 aromatic heterocycles. The monoisotopic (exact) mass is 431 g/mol. The van der Waals surface area contributed by atoms with Gasteiger partial charge in [0.25, 0.3) is 0 Å². The molecule has 0 bridgehead atoms. The fourth-order valence-electron chi connectivity index (χ4n) is 4.19. The topological polar surface area (TPSA) is 64.6 Å². The van der Waals surface area contributed by atoms with E-state index in [1.165, 1.54) is 35.9 Å². The summed E-state index contributed by atoms with van der Waals surface area (Å²) in [4.78, 5) is 13.9. The quantitative estimate of drug-likeness (QED) is 0.601. The number of anilines is 1. The van der Waals surface area contributed by atoms with Crippen molar-refractivity contribution in [3.63, 3.8) is 0 Å². The number of amides is 1. The Bertz CT molecular complexity index is 901. The Labute approximate surface area is 182 Å². The van der Waals surface area contributed by atoms with Crippen LogP contribution in [-0.2, 0) is 17.6 Å². The van der Waals surface area contributed by atoms with Gasteiger partial charge >= 0.3 is 0 Å². The Morgan fingerprint density at radius 1 is 1.19 bits per heavy atom. The van der Waals surface area contributed by atoms with Crippen LogP contribution in [0.3, 0.4) is 0 Å². The number of carbonyl (C=O) groups excluding carboxylic acids is 1. The average Bonchev–Trinajstić information content (AvgIpc) is 2.71. The van der Waals surface area contributed by atoms with Crippen LogP contribution in [0.25, 0.3) is 0 Å². The minimum atomic E-state index is -0.923. The summed E-state index contributed by atoms with van der Waals surface area (Å²) in [5.41, 5.74) is 4.01. The Hall–Kier alpha value is -2.51. The third-order valence-electron chi connectivity index (χ3n) is 5.84. The molecule has 1 aliphatic rings. The highest BCUT2D eigenvalue weighted by Gasteiger charge is 2.26. The van der Waals surface area contributed by atoms with Gasteiger partial charge in [-0.1, -0.05) is 19.1 Å². The molecule has 3 rings (SSSR count). The summed E-state index contributed by atoms with van der Waals surface area (Å²) in [6, 6.07) is 9.13. The smallest absolute Gasteiger partial charge is 0.217 e. The average molecular weight is 432 g/mol. The van der Waals surface area contributed by atoms with E-state index in [9.17, 15) is 18.7 Å². The zero-order chi connectivity index (χ0) is 22.5. The molecule has 5 nitrogen and oxygen atoms in total. The van der Waals surface area contributed by atoms with Crippen molar-refractivity contribution >= 4 is 11.6 Å². The molecular weight excluding hydrogens is 400 g/mol. The molecule has 0 fully saturated rings. The number of nitrogens with zero attached hydrogens (tertiary/aromatic N) is 1. The van der Waals surface area contributed by atoms with E-state index in [0.29, 0.717) is 5.56 Å². The van der Waals surface area contributed by atoms with Gasteiger partial charge in [-0.15, -0.1) is 0 Å². The van der Waals surface area contributed by atoms with Gasteiger partial charge in [0, 0.05) is 44.9 Å². The lowest BCUT2D eigenvalue weighted by molar-refractivity contribution is -0.120. The standard InChI is InChI=1S/C24H31F2N3O2/c1-4-16-5-6-23-20(11-16)21(7-8-29(23)3)27-14-24(31)22(28-15(2)30)12-17-9-18(25)13-19(26)10-17/h5-6,9-11,13,21-22,24,27,31H,4,7-8,12,14H2,1-3H3,(H,28,30). The lowest BCUT2D eigenvalue weighted by atomic mass is 9.93. The van der Waals surface area contributed by atoms with Crippen LogP contribution >= 0.6 is 0 Å². The van der Waals surface area contributed by atoms with Crippen LogP contribution in [0.1, 0.15) is 43.0 Å². The number of hydrogen-bond acceptors (Lipinski definition) is 4. The number of carbonyl (C=O) groups is 1. The van der Waals surface area contributed by atoms with E-state index < -0.39 is 23.8 Å². The second-order valence-electron chi connectivity index (χ2n) is 8.27. The van der Waals surface area contributed by atoms with E-state index >= 15 is 0 Å². The second-order valence-corrected chi connectivity index (χ2v) is 8.27. The molecule has 31 heavy (non-hydrogen) atoms. The van der Waals surface area contributed by atoms with Gasteiger partial charge in [-0.2, -0.15) is 0 Å². The van der Waals surface area contributed by atoms with Crippen LogP contribution in [-0.4, -0.2) is 43.3 Å². The summed E-state index contributed by atoms with van der Waals surface area (Å²) in [6.07, 6.45) is 1.04. The van der Waals surface area contributed by atoms with Gasteiger partial charge in [-0.25, -0.2) is 8.78 Å². The normalized spacial score (nSPS) is 17.7. The minimum Gasteiger partial charge on any atom is -0.390 e. The predicted octanol–water partition coefficient (Wildman–Crippen LogP) is 3.11. The van der Waals surface area contributed by atoms with Crippen molar-refractivity contribution in [1.29, 1.82) is 0 Å². The minimum absolute atomic E-state index is 0.0805. The van der Waals surface area contributed by atoms with E-state index in [2.05, 4.69) is 47.7 Å². The first-order valence-electron chi connectivity index (χ1n) is 10.7. The molecule has 1 amide bonds. The first-order chi connectivity index (χ1) is 14.8. The Balaban J connectivity index is 1.71. The fraction of sp³-hybridized carbons (Fsp3) is 0.458. The Kier molecular flexibility index (Phi) is 7.62. The van der Waals surface area contributed by atoms with Crippen LogP contribution < -0.4 is 15.5 Å². The highest BCUT2D eigenvalue weighted by atomic mass is 19.1. The fourth-order valence-corrected chi connectivity index (χ4v) is 4.19. The molecule has 2 aromatic carbocycles. The highest BCUT2D eigenvalue weighted by Crippen LogP contribution is 2.33. The first kappa shape index (κ1) is 23.2. The molecule has 0 radical (unpaired) electrons. The SMILES string of the molecule is CCc1ccc2c(c1)C(NCC(O)C(Cc1cc(F)cc(F)c1)NC(C)=O)CCN2C. The van der Waals surface area contributed by atoms with Crippen LogP contribution in [0.4, 0.5) is 14.5 Å². The summed E-state index contributed by atoms with van der Waals surface area (Å²) in [5, 5.41) is 17.0. The molecule has 0 saturated carbocycles. The summed E-state index contributed by atoms with van der Waals surface area (Å²) < 4.78 is 27.1. The number of aliphatic hydroxyl groups excluding tert-OH is 1. The summed E-state index contributed by atoms with van der Waals surface area (Å²) in [6.45, 7) is 4.61. The molecule has 168 valence electrons. The van der Waals surface area contributed by atoms with Gasteiger partial charge in [0.05, 0.1) is 12.1 Å². The third kappa shape index (κ3) is 6.02. The zero-order valence-corrected chi connectivity index (χ0v) is 18.3. The van der Waals surface area contributed by atoms with Crippen molar-refractivity contribution in [2.45, 2.75) is 51.3 Å². The zero-order valence-electron chi connectivity index (χ0n) is 18.3. The molecule has 0 aliphatic carbocycles. The molecule has 7 heteroatoms. The van der Waals surface area contributed by atoms with Gasteiger partial charge in [0.2, 0.25) is 5.91 Å². The van der Waals surface area contributed by atoms with Crippen molar-refractivity contribution in [1.82, 2.24) is 10.6 Å². The number of rotatable bonds is 8. The van der Waals surface area contributed by atoms with Gasteiger partial charge in [-0.05, 0) is 54.2 Å². The second kappa shape index (κ2) is 10.2. The number of hydrogen-bond donors (Lipinski definition) is 3. The van der Waals surface area contributed by atoms with E-state index in [1.54, 1.807) is 0 Å². The molecule has 0 saturated heterocycles. The van der Waals surface area contributed by atoms with Gasteiger partial charge in [0.15, 0.2) is 0 Å². The molecule has 0 spiro atoms.